The molecule has 1 unspecified atom stereocenters. The van der Waals surface area contributed by atoms with Crippen molar-refractivity contribution in [1.29, 1.82) is 0 Å². The van der Waals surface area contributed by atoms with Gasteiger partial charge in [-0.2, -0.15) is 0 Å². The third-order valence-corrected chi connectivity index (χ3v) is 2.85. The molecule has 1 aromatic carbocycles. The summed E-state index contributed by atoms with van der Waals surface area (Å²) in [7, 11) is 1.55. The van der Waals surface area contributed by atoms with Gasteiger partial charge in [-0.15, -0.1) is 6.58 Å². The molecule has 5 heteroatoms. The smallest absolute Gasteiger partial charge is 0.303 e. The van der Waals surface area contributed by atoms with Crippen LogP contribution in [0.4, 0.5) is 0 Å². The summed E-state index contributed by atoms with van der Waals surface area (Å²) in [4.78, 5) is 23.0. The van der Waals surface area contributed by atoms with Crippen LogP contribution in [0, 0.1) is 0 Å². The van der Waals surface area contributed by atoms with E-state index in [1.807, 2.05) is 0 Å². The number of aliphatic carboxylic acids is 1. The zero-order valence-corrected chi connectivity index (χ0v) is 11.5. The number of ketones is 1. The molecule has 5 nitrogen and oxygen atoms in total. The van der Waals surface area contributed by atoms with Crippen LogP contribution in [0.25, 0.3) is 0 Å². The third kappa shape index (κ3) is 4.85. The second-order valence-corrected chi connectivity index (χ2v) is 4.27. The first kappa shape index (κ1) is 15.9. The molecule has 2 N–H and O–H groups in total. The number of hydrogen-bond donors (Lipinski definition) is 2. The summed E-state index contributed by atoms with van der Waals surface area (Å²) in [5.41, 5.74) is 0.526. The van der Waals surface area contributed by atoms with Gasteiger partial charge in [0.05, 0.1) is 13.2 Å². The second kappa shape index (κ2) is 8.12. The van der Waals surface area contributed by atoms with Crippen LogP contribution >= 0.6 is 0 Å². The van der Waals surface area contributed by atoms with E-state index in [1.165, 1.54) is 0 Å². The Labute approximate surface area is 118 Å². The van der Waals surface area contributed by atoms with E-state index in [9.17, 15) is 9.59 Å². The summed E-state index contributed by atoms with van der Waals surface area (Å²) in [5, 5.41) is 11.7. The molecule has 0 saturated carbocycles. The number of carbonyl (C=O) groups is 2. The van der Waals surface area contributed by atoms with Crippen LogP contribution in [0.1, 0.15) is 23.2 Å². The number of Topliss-reactive ketones (excluding diaryl/α,β-unsaturated/α-hetero) is 1. The number of ether oxygens (including phenoxy) is 1. The lowest BCUT2D eigenvalue weighted by molar-refractivity contribution is -0.137. The van der Waals surface area contributed by atoms with Crippen molar-refractivity contribution in [3.8, 4) is 5.75 Å². The Balaban J connectivity index is 2.78. The Hall–Kier alpha value is -2.14. The van der Waals surface area contributed by atoms with Gasteiger partial charge in [-0.05, 0) is 30.7 Å². The van der Waals surface area contributed by atoms with E-state index in [2.05, 4.69) is 11.9 Å². The lowest BCUT2D eigenvalue weighted by Gasteiger charge is -2.16. The fourth-order valence-corrected chi connectivity index (χ4v) is 1.78. The Bertz CT molecular complexity index is 467. The van der Waals surface area contributed by atoms with Crippen LogP contribution in [-0.4, -0.2) is 36.6 Å². The molecular weight excluding hydrogens is 258 g/mol. The van der Waals surface area contributed by atoms with Gasteiger partial charge in [-0.25, -0.2) is 0 Å². The quantitative estimate of drug-likeness (QED) is 0.532. The highest BCUT2D eigenvalue weighted by Gasteiger charge is 2.20. The van der Waals surface area contributed by atoms with Crippen molar-refractivity contribution in [1.82, 2.24) is 5.32 Å². The lowest BCUT2D eigenvalue weighted by atomic mass is 10.00. The molecule has 0 aliphatic heterocycles. The van der Waals surface area contributed by atoms with Gasteiger partial charge >= 0.3 is 5.97 Å². The van der Waals surface area contributed by atoms with Crippen molar-refractivity contribution >= 4 is 11.8 Å². The number of carbonyl (C=O) groups excluding carboxylic acids is 1. The summed E-state index contributed by atoms with van der Waals surface area (Å²) >= 11 is 0. The van der Waals surface area contributed by atoms with E-state index in [0.29, 0.717) is 17.9 Å². The van der Waals surface area contributed by atoms with E-state index < -0.39 is 12.0 Å². The predicted molar refractivity (Wildman–Crippen MR) is 76.2 cm³/mol. The Kier molecular flexibility index (Phi) is 6.46. The first-order chi connectivity index (χ1) is 9.58. The minimum absolute atomic E-state index is 0.0588. The largest absolute Gasteiger partial charge is 0.497 e. The van der Waals surface area contributed by atoms with Crippen molar-refractivity contribution < 1.29 is 19.4 Å². The van der Waals surface area contributed by atoms with Crippen molar-refractivity contribution in [2.24, 2.45) is 0 Å². The van der Waals surface area contributed by atoms with Crippen LogP contribution in [0.5, 0.6) is 5.75 Å². The zero-order chi connectivity index (χ0) is 15.0. The normalized spacial score (nSPS) is 11.7. The van der Waals surface area contributed by atoms with Crippen LogP contribution < -0.4 is 10.1 Å². The minimum atomic E-state index is -0.919. The van der Waals surface area contributed by atoms with Crippen LogP contribution in [0.3, 0.4) is 0 Å². The van der Waals surface area contributed by atoms with Gasteiger partial charge in [0.1, 0.15) is 5.75 Å². The van der Waals surface area contributed by atoms with Crippen LogP contribution in [-0.2, 0) is 4.79 Å². The SMILES string of the molecule is C=CCNC(CCC(=O)O)C(=O)c1ccc(OC)cc1. The minimum Gasteiger partial charge on any atom is -0.497 e. The van der Waals surface area contributed by atoms with Gasteiger partial charge in [0, 0.05) is 18.5 Å². The van der Waals surface area contributed by atoms with Crippen LogP contribution in [0.15, 0.2) is 36.9 Å². The van der Waals surface area contributed by atoms with E-state index in [1.54, 1.807) is 37.5 Å². The van der Waals surface area contributed by atoms with Gasteiger partial charge in [-0.1, -0.05) is 6.08 Å². The molecule has 20 heavy (non-hydrogen) atoms. The number of hydrogen-bond acceptors (Lipinski definition) is 4. The van der Waals surface area contributed by atoms with Gasteiger partial charge in [-0.3, -0.25) is 9.59 Å². The van der Waals surface area contributed by atoms with E-state index in [4.69, 9.17) is 9.84 Å². The number of methoxy groups -OCH3 is 1. The molecule has 1 rings (SSSR count). The van der Waals surface area contributed by atoms with Crippen molar-refractivity contribution in [3.63, 3.8) is 0 Å². The number of carboxylic acids is 1. The summed E-state index contributed by atoms with van der Waals surface area (Å²) < 4.78 is 5.04. The highest BCUT2D eigenvalue weighted by atomic mass is 16.5. The maximum absolute atomic E-state index is 12.3. The van der Waals surface area contributed by atoms with Crippen LogP contribution in [0.2, 0.25) is 0 Å². The first-order valence-electron chi connectivity index (χ1n) is 6.32. The van der Waals surface area contributed by atoms with E-state index in [0.717, 1.165) is 0 Å². The number of nitrogens with one attached hydrogen (secondary N) is 1. The lowest BCUT2D eigenvalue weighted by Crippen LogP contribution is -2.37. The molecule has 108 valence electrons. The highest BCUT2D eigenvalue weighted by molar-refractivity contribution is 6.00. The fourth-order valence-electron chi connectivity index (χ4n) is 1.78. The van der Waals surface area contributed by atoms with E-state index >= 15 is 0 Å². The maximum Gasteiger partial charge on any atom is 0.303 e. The first-order valence-corrected chi connectivity index (χ1v) is 6.32. The average Bonchev–Trinajstić information content (AvgIpc) is 2.46. The Morgan fingerprint density at radius 2 is 2.05 bits per heavy atom. The molecule has 0 bridgehead atoms. The molecule has 0 spiro atoms. The van der Waals surface area contributed by atoms with E-state index in [-0.39, 0.29) is 18.6 Å². The van der Waals surface area contributed by atoms with Gasteiger partial charge in [0.25, 0.3) is 0 Å². The summed E-state index contributed by atoms with van der Waals surface area (Å²) in [6.45, 7) is 4.03. The van der Waals surface area contributed by atoms with Gasteiger partial charge < -0.3 is 15.2 Å². The second-order valence-electron chi connectivity index (χ2n) is 4.27. The molecule has 0 fully saturated rings. The molecule has 0 aliphatic rings. The topological polar surface area (TPSA) is 75.6 Å². The molecule has 0 heterocycles. The van der Waals surface area contributed by atoms with Crippen molar-refractivity contribution in [2.75, 3.05) is 13.7 Å². The molecule has 1 atom stereocenters. The number of carboxylic acid groups (broad SMARTS) is 1. The predicted octanol–water partition coefficient (Wildman–Crippen LogP) is 1.89. The van der Waals surface area contributed by atoms with Crippen molar-refractivity contribution in [3.05, 3.63) is 42.5 Å². The molecule has 0 radical (unpaired) electrons. The third-order valence-electron chi connectivity index (χ3n) is 2.85. The summed E-state index contributed by atoms with van der Waals surface area (Å²) in [5.74, 6) is -0.378. The number of rotatable bonds is 9. The summed E-state index contributed by atoms with van der Waals surface area (Å²) in [6.07, 6.45) is 1.82. The zero-order valence-electron chi connectivity index (χ0n) is 11.5. The fraction of sp³-hybridized carbons (Fsp3) is 0.333. The van der Waals surface area contributed by atoms with Gasteiger partial charge in [0.15, 0.2) is 5.78 Å². The van der Waals surface area contributed by atoms with Gasteiger partial charge in [0.2, 0.25) is 0 Å². The Morgan fingerprint density at radius 1 is 1.40 bits per heavy atom. The molecule has 0 aliphatic carbocycles. The highest BCUT2D eigenvalue weighted by Crippen LogP contribution is 2.14. The molecule has 0 amide bonds. The Morgan fingerprint density at radius 3 is 2.55 bits per heavy atom. The molecular formula is C15H19NO4. The summed E-state index contributed by atoms with van der Waals surface area (Å²) in [6, 6.07) is 6.22. The molecule has 0 saturated heterocycles. The molecule has 1 aromatic rings. The van der Waals surface area contributed by atoms with Crippen molar-refractivity contribution in [2.45, 2.75) is 18.9 Å². The monoisotopic (exact) mass is 277 g/mol. The standard InChI is InChI=1S/C15H19NO4/c1-3-10-16-13(8-9-14(17)18)15(19)11-4-6-12(20-2)7-5-11/h3-7,13,16H,1,8-10H2,2H3,(H,17,18). The average molecular weight is 277 g/mol. The molecule has 0 aromatic heterocycles. The number of benzene rings is 1. The maximum atomic E-state index is 12.3.